The summed E-state index contributed by atoms with van der Waals surface area (Å²) in [6.45, 7) is 0.344. The summed E-state index contributed by atoms with van der Waals surface area (Å²) in [7, 11) is 0. The minimum Gasteiger partial charge on any atom is -0.322 e. The topological polar surface area (TPSA) is 83.6 Å². The molecule has 2 heterocycles. The van der Waals surface area contributed by atoms with Crippen LogP contribution in [0.4, 0.5) is 0 Å². The second-order valence-corrected chi connectivity index (χ2v) is 7.15. The Morgan fingerprint density at radius 1 is 1.14 bits per heavy atom. The zero-order valence-corrected chi connectivity index (χ0v) is 15.8. The standard InChI is InChI=1S/C22H24N2O4/c25-14-7-5-3-1-2-4-6-9-16-10-8-11-17-18(16)15-24(22(17)28)19-12-13-20(26)23-21(19)27/h8,10-11,14,19H,1-5,7,12-13,15H2,(H,23,26,27). The van der Waals surface area contributed by atoms with Gasteiger partial charge in [-0.1, -0.05) is 30.7 Å². The number of unbranched alkanes of at least 4 members (excludes halogenated alkanes) is 5. The lowest BCUT2D eigenvalue weighted by atomic mass is 10.0. The number of benzene rings is 1. The summed E-state index contributed by atoms with van der Waals surface area (Å²) in [5, 5.41) is 2.32. The van der Waals surface area contributed by atoms with Crippen molar-refractivity contribution in [3.8, 4) is 11.8 Å². The van der Waals surface area contributed by atoms with E-state index >= 15 is 0 Å². The van der Waals surface area contributed by atoms with Gasteiger partial charge in [0.2, 0.25) is 11.8 Å². The number of nitrogens with zero attached hydrogens (tertiary/aromatic N) is 1. The first-order valence-electron chi connectivity index (χ1n) is 9.81. The Bertz CT molecular complexity index is 850. The zero-order valence-electron chi connectivity index (χ0n) is 15.8. The summed E-state index contributed by atoms with van der Waals surface area (Å²) in [6, 6.07) is 4.87. The Morgan fingerprint density at radius 3 is 2.75 bits per heavy atom. The van der Waals surface area contributed by atoms with Gasteiger partial charge in [0.05, 0.1) is 0 Å². The molecule has 2 aliphatic rings. The summed E-state index contributed by atoms with van der Waals surface area (Å²) in [4.78, 5) is 48.1. The average Bonchev–Trinajstić information content (AvgIpc) is 3.01. The van der Waals surface area contributed by atoms with Crippen LogP contribution in [-0.4, -0.2) is 34.9 Å². The molecule has 2 aliphatic heterocycles. The maximum atomic E-state index is 12.8. The van der Waals surface area contributed by atoms with E-state index in [4.69, 9.17) is 0 Å². The number of aldehydes is 1. The Labute approximate surface area is 164 Å². The molecular weight excluding hydrogens is 356 g/mol. The number of carbonyl (C=O) groups is 4. The van der Waals surface area contributed by atoms with Crippen LogP contribution >= 0.6 is 0 Å². The molecule has 0 aliphatic carbocycles. The minimum atomic E-state index is -0.607. The quantitative estimate of drug-likeness (QED) is 0.341. The molecule has 0 radical (unpaired) electrons. The van der Waals surface area contributed by atoms with Crippen molar-refractivity contribution < 1.29 is 19.2 Å². The molecule has 6 heteroatoms. The third-order valence-corrected chi connectivity index (χ3v) is 5.18. The molecule has 3 rings (SSSR count). The fourth-order valence-corrected chi connectivity index (χ4v) is 3.66. The molecule has 0 aromatic heterocycles. The molecule has 3 amide bonds. The van der Waals surface area contributed by atoms with Crippen molar-refractivity contribution in [3.05, 3.63) is 34.9 Å². The summed E-state index contributed by atoms with van der Waals surface area (Å²) in [5.41, 5.74) is 2.27. The lowest BCUT2D eigenvalue weighted by Gasteiger charge is -2.29. The van der Waals surface area contributed by atoms with Crippen LogP contribution in [0, 0.1) is 11.8 Å². The molecule has 0 spiro atoms. The summed E-state index contributed by atoms with van der Waals surface area (Å²) in [6.07, 6.45) is 6.97. The highest BCUT2D eigenvalue weighted by Gasteiger charge is 2.39. The van der Waals surface area contributed by atoms with Crippen molar-refractivity contribution in [1.29, 1.82) is 0 Å². The predicted molar refractivity (Wildman–Crippen MR) is 103 cm³/mol. The van der Waals surface area contributed by atoms with Crippen LogP contribution in [-0.2, 0) is 20.9 Å². The van der Waals surface area contributed by atoms with Crippen LogP contribution < -0.4 is 5.32 Å². The van der Waals surface area contributed by atoms with E-state index in [0.29, 0.717) is 24.9 Å². The normalized spacial score (nSPS) is 18.4. The van der Waals surface area contributed by atoms with Crippen molar-refractivity contribution >= 4 is 24.0 Å². The first-order valence-corrected chi connectivity index (χ1v) is 9.81. The molecule has 1 atom stereocenters. The molecule has 146 valence electrons. The van der Waals surface area contributed by atoms with Gasteiger partial charge in [-0.2, -0.15) is 0 Å². The molecule has 0 saturated carbocycles. The Morgan fingerprint density at radius 2 is 1.96 bits per heavy atom. The van der Waals surface area contributed by atoms with Crippen molar-refractivity contribution in [1.82, 2.24) is 10.2 Å². The van der Waals surface area contributed by atoms with Gasteiger partial charge < -0.3 is 9.69 Å². The van der Waals surface area contributed by atoms with E-state index < -0.39 is 11.9 Å². The first kappa shape index (κ1) is 19.8. The van der Waals surface area contributed by atoms with Crippen LogP contribution in [0.25, 0.3) is 0 Å². The lowest BCUT2D eigenvalue weighted by molar-refractivity contribution is -0.136. The van der Waals surface area contributed by atoms with Gasteiger partial charge >= 0.3 is 0 Å². The van der Waals surface area contributed by atoms with Gasteiger partial charge in [-0.05, 0) is 37.0 Å². The average molecular weight is 380 g/mol. The number of hydrogen-bond acceptors (Lipinski definition) is 4. The zero-order chi connectivity index (χ0) is 19.9. The van der Waals surface area contributed by atoms with Crippen LogP contribution in [0.5, 0.6) is 0 Å². The Hall–Kier alpha value is -2.94. The smallest absolute Gasteiger partial charge is 0.255 e. The van der Waals surface area contributed by atoms with Gasteiger partial charge in [0.15, 0.2) is 0 Å². The fourth-order valence-electron chi connectivity index (χ4n) is 3.66. The van der Waals surface area contributed by atoms with E-state index in [-0.39, 0.29) is 18.2 Å². The predicted octanol–water partition coefficient (Wildman–Crippen LogP) is 2.34. The highest BCUT2D eigenvalue weighted by atomic mass is 16.2. The number of carbonyl (C=O) groups excluding carboxylic acids is 4. The summed E-state index contributed by atoms with van der Waals surface area (Å²) in [5.74, 6) is 5.47. The minimum absolute atomic E-state index is 0.177. The highest BCUT2D eigenvalue weighted by Crippen LogP contribution is 2.29. The van der Waals surface area contributed by atoms with Gasteiger partial charge in [0, 0.05) is 36.9 Å². The molecule has 6 nitrogen and oxygen atoms in total. The number of fused-ring (bicyclic) bond motifs is 1. The number of nitrogens with one attached hydrogen (secondary N) is 1. The number of imide groups is 1. The van der Waals surface area contributed by atoms with Crippen molar-refractivity contribution in [2.45, 2.75) is 64.0 Å². The van der Waals surface area contributed by atoms with Crippen LogP contribution in [0.2, 0.25) is 0 Å². The Balaban J connectivity index is 1.63. The van der Waals surface area contributed by atoms with Gasteiger partial charge in [-0.3, -0.25) is 19.7 Å². The van der Waals surface area contributed by atoms with Crippen molar-refractivity contribution in [2.75, 3.05) is 0 Å². The van der Waals surface area contributed by atoms with Gasteiger partial charge in [-0.25, -0.2) is 0 Å². The third-order valence-electron chi connectivity index (χ3n) is 5.18. The van der Waals surface area contributed by atoms with Crippen molar-refractivity contribution in [3.63, 3.8) is 0 Å². The third kappa shape index (κ3) is 4.48. The molecule has 1 saturated heterocycles. The van der Waals surface area contributed by atoms with E-state index in [0.717, 1.165) is 49.5 Å². The van der Waals surface area contributed by atoms with Crippen LogP contribution in [0.1, 0.15) is 72.9 Å². The maximum Gasteiger partial charge on any atom is 0.255 e. The molecular formula is C22H24N2O4. The number of piperidine rings is 1. The molecule has 1 N–H and O–H groups in total. The number of rotatable bonds is 7. The molecule has 1 aromatic rings. The van der Waals surface area contributed by atoms with Gasteiger partial charge in [-0.15, -0.1) is 0 Å². The van der Waals surface area contributed by atoms with E-state index in [9.17, 15) is 19.2 Å². The van der Waals surface area contributed by atoms with E-state index in [1.807, 2.05) is 12.1 Å². The highest BCUT2D eigenvalue weighted by molar-refractivity contribution is 6.05. The SMILES string of the molecule is O=CCCCCCCC#Cc1cccc2c1CN(C1CCC(=O)NC1=O)C2=O. The molecule has 1 aromatic carbocycles. The largest absolute Gasteiger partial charge is 0.322 e. The fraction of sp³-hybridized carbons (Fsp3) is 0.455. The van der Waals surface area contributed by atoms with Gasteiger partial charge in [0.1, 0.15) is 12.3 Å². The second-order valence-electron chi connectivity index (χ2n) is 7.15. The first-order chi connectivity index (χ1) is 13.6. The van der Waals surface area contributed by atoms with Crippen molar-refractivity contribution in [2.24, 2.45) is 0 Å². The monoisotopic (exact) mass is 380 g/mol. The molecule has 1 unspecified atom stereocenters. The van der Waals surface area contributed by atoms with Gasteiger partial charge in [0.25, 0.3) is 5.91 Å². The Kier molecular flexibility index (Phi) is 6.59. The van der Waals surface area contributed by atoms with Crippen LogP contribution in [0.3, 0.4) is 0 Å². The number of amides is 3. The van der Waals surface area contributed by atoms with E-state index in [1.165, 1.54) is 0 Å². The van der Waals surface area contributed by atoms with Crippen LogP contribution in [0.15, 0.2) is 18.2 Å². The molecule has 0 bridgehead atoms. The molecule has 1 fully saturated rings. The molecule has 28 heavy (non-hydrogen) atoms. The summed E-state index contributed by atoms with van der Waals surface area (Å²) >= 11 is 0. The maximum absolute atomic E-state index is 12.8. The second kappa shape index (κ2) is 9.32. The van der Waals surface area contributed by atoms with E-state index in [2.05, 4.69) is 17.2 Å². The lowest BCUT2D eigenvalue weighted by Crippen LogP contribution is -2.52. The number of hydrogen-bond donors (Lipinski definition) is 1. The van der Waals surface area contributed by atoms with E-state index in [1.54, 1.807) is 11.0 Å². The summed E-state index contributed by atoms with van der Waals surface area (Å²) < 4.78 is 0.